The molecule has 108 valence electrons. The summed E-state index contributed by atoms with van der Waals surface area (Å²) in [6.45, 7) is 0. The van der Waals surface area contributed by atoms with E-state index in [0.717, 1.165) is 10.6 Å². The molecule has 4 heterocycles. The van der Waals surface area contributed by atoms with Gasteiger partial charge in [-0.3, -0.25) is 4.98 Å². The van der Waals surface area contributed by atoms with Gasteiger partial charge in [0.25, 0.3) is 0 Å². The molecule has 1 atom stereocenters. The average molecular weight is 321 g/mol. The Kier molecular flexibility index (Phi) is 2.79. The second-order valence-corrected chi connectivity index (χ2v) is 8.21. The largest absolute Gasteiger partial charge is 0.265 e. The molecule has 9 heteroatoms. The molecule has 0 unspecified atom stereocenters. The first-order chi connectivity index (χ1) is 10.1. The highest BCUT2D eigenvalue weighted by Gasteiger charge is 2.32. The van der Waals surface area contributed by atoms with Gasteiger partial charge < -0.3 is 0 Å². The van der Waals surface area contributed by atoms with Gasteiger partial charge >= 0.3 is 0 Å². The fourth-order valence-electron chi connectivity index (χ4n) is 2.47. The van der Waals surface area contributed by atoms with Crippen LogP contribution in [0.25, 0.3) is 16.3 Å². The van der Waals surface area contributed by atoms with Gasteiger partial charge in [0.2, 0.25) is 4.96 Å². The third-order valence-corrected chi connectivity index (χ3v) is 6.36. The lowest BCUT2D eigenvalue weighted by Gasteiger charge is -2.00. The highest BCUT2D eigenvalue weighted by Crippen LogP contribution is 2.32. The van der Waals surface area contributed by atoms with Crippen LogP contribution < -0.4 is 0 Å². The highest BCUT2D eigenvalue weighted by molar-refractivity contribution is 7.91. The summed E-state index contributed by atoms with van der Waals surface area (Å²) >= 11 is 1.41. The van der Waals surface area contributed by atoms with Crippen molar-refractivity contribution in [2.75, 3.05) is 11.5 Å². The lowest BCUT2D eigenvalue weighted by atomic mass is 10.1. The topological polar surface area (TPSA) is 90.1 Å². The Morgan fingerprint density at radius 3 is 2.76 bits per heavy atom. The third-order valence-electron chi connectivity index (χ3n) is 3.53. The van der Waals surface area contributed by atoms with Gasteiger partial charge in [-0.1, -0.05) is 11.3 Å². The van der Waals surface area contributed by atoms with Gasteiger partial charge in [0.15, 0.2) is 15.7 Å². The van der Waals surface area contributed by atoms with Crippen LogP contribution in [0.4, 0.5) is 0 Å². The Bertz CT molecular complexity index is 900. The van der Waals surface area contributed by atoms with Crippen molar-refractivity contribution in [3.05, 3.63) is 29.5 Å². The van der Waals surface area contributed by atoms with Gasteiger partial charge in [0.05, 0.1) is 11.5 Å². The van der Waals surface area contributed by atoms with Gasteiger partial charge in [0, 0.05) is 23.9 Å². The molecule has 0 amide bonds. The van der Waals surface area contributed by atoms with Crippen molar-refractivity contribution in [3.63, 3.8) is 0 Å². The number of hydrogen-bond donors (Lipinski definition) is 0. The Morgan fingerprint density at radius 2 is 2.05 bits per heavy atom. The highest BCUT2D eigenvalue weighted by atomic mass is 32.2. The monoisotopic (exact) mass is 321 g/mol. The molecule has 1 saturated heterocycles. The summed E-state index contributed by atoms with van der Waals surface area (Å²) in [4.78, 5) is 4.66. The number of pyridine rings is 1. The quantitative estimate of drug-likeness (QED) is 0.703. The Hall–Kier alpha value is -1.87. The minimum atomic E-state index is -2.91. The molecule has 21 heavy (non-hydrogen) atoms. The summed E-state index contributed by atoms with van der Waals surface area (Å²) in [5.41, 5.74) is 0.883. The summed E-state index contributed by atoms with van der Waals surface area (Å²) in [7, 11) is -2.91. The van der Waals surface area contributed by atoms with Crippen LogP contribution in [0.2, 0.25) is 0 Å². The molecule has 0 saturated carbocycles. The Labute approximate surface area is 124 Å². The van der Waals surface area contributed by atoms with E-state index in [2.05, 4.69) is 20.3 Å². The lowest BCUT2D eigenvalue weighted by molar-refractivity contribution is 0.601. The molecule has 4 rings (SSSR count). The standard InChI is InChI=1S/C12H11N5O2S2/c18-21(19)6-3-9(7-21)11-16-17-10(14-15-12(17)20-11)8-1-4-13-5-2-8/h1-2,4-5,9H,3,6-7H2/t9-/m1/s1. The minimum Gasteiger partial charge on any atom is -0.265 e. The first kappa shape index (κ1) is 12.8. The number of rotatable bonds is 2. The van der Waals surface area contributed by atoms with E-state index in [-0.39, 0.29) is 17.4 Å². The van der Waals surface area contributed by atoms with Crippen molar-refractivity contribution in [2.24, 2.45) is 0 Å². The maximum atomic E-state index is 11.6. The van der Waals surface area contributed by atoms with Crippen LogP contribution in [0.5, 0.6) is 0 Å². The summed E-state index contributed by atoms with van der Waals surface area (Å²) in [5, 5.41) is 13.6. The van der Waals surface area contributed by atoms with Gasteiger partial charge in [-0.15, -0.1) is 10.2 Å². The van der Waals surface area contributed by atoms with Gasteiger partial charge in [-0.25, -0.2) is 8.42 Å². The summed E-state index contributed by atoms with van der Waals surface area (Å²) in [6, 6.07) is 3.69. The van der Waals surface area contributed by atoms with Crippen molar-refractivity contribution in [1.29, 1.82) is 0 Å². The third kappa shape index (κ3) is 2.22. The van der Waals surface area contributed by atoms with Crippen molar-refractivity contribution in [3.8, 4) is 11.4 Å². The van der Waals surface area contributed by atoms with E-state index in [1.165, 1.54) is 11.3 Å². The van der Waals surface area contributed by atoms with Gasteiger partial charge in [-0.05, 0) is 18.6 Å². The van der Waals surface area contributed by atoms with E-state index < -0.39 is 9.84 Å². The van der Waals surface area contributed by atoms with Crippen LogP contribution in [-0.4, -0.2) is 44.7 Å². The van der Waals surface area contributed by atoms with E-state index in [9.17, 15) is 8.42 Å². The average Bonchev–Trinajstić information content (AvgIpc) is 3.12. The molecule has 3 aromatic rings. The first-order valence-electron chi connectivity index (χ1n) is 6.45. The second-order valence-electron chi connectivity index (χ2n) is 4.99. The molecule has 1 aliphatic heterocycles. The lowest BCUT2D eigenvalue weighted by Crippen LogP contribution is -2.04. The molecular formula is C12H11N5O2S2. The van der Waals surface area contributed by atoms with Crippen molar-refractivity contribution >= 4 is 26.1 Å². The maximum absolute atomic E-state index is 11.6. The number of aromatic nitrogens is 5. The zero-order valence-corrected chi connectivity index (χ0v) is 12.5. The van der Waals surface area contributed by atoms with E-state index in [1.54, 1.807) is 16.9 Å². The van der Waals surface area contributed by atoms with Crippen LogP contribution in [0, 0.1) is 0 Å². The molecule has 3 aromatic heterocycles. The number of nitrogens with zero attached hydrogens (tertiary/aromatic N) is 5. The molecule has 0 spiro atoms. The second kappa shape index (κ2) is 4.57. The predicted octanol–water partition coefficient (Wildman–Crippen LogP) is 1.15. The SMILES string of the molecule is O=S1(=O)CC[C@@H](c2nn3c(-c4ccncc4)nnc3s2)C1. The maximum Gasteiger partial charge on any atom is 0.234 e. The first-order valence-corrected chi connectivity index (χ1v) is 9.09. The molecule has 0 N–H and O–H groups in total. The van der Waals surface area contributed by atoms with Crippen LogP contribution >= 0.6 is 11.3 Å². The van der Waals surface area contributed by atoms with Gasteiger partial charge in [-0.2, -0.15) is 9.61 Å². The molecule has 7 nitrogen and oxygen atoms in total. The zero-order chi connectivity index (χ0) is 14.4. The molecular weight excluding hydrogens is 310 g/mol. The molecule has 1 fully saturated rings. The van der Waals surface area contributed by atoms with Crippen LogP contribution in [0.3, 0.4) is 0 Å². The van der Waals surface area contributed by atoms with Gasteiger partial charge in [0.1, 0.15) is 5.01 Å². The van der Waals surface area contributed by atoms with Crippen LogP contribution in [0.15, 0.2) is 24.5 Å². The number of hydrogen-bond acceptors (Lipinski definition) is 7. The van der Waals surface area contributed by atoms with Crippen molar-refractivity contribution < 1.29 is 8.42 Å². The molecule has 0 radical (unpaired) electrons. The van der Waals surface area contributed by atoms with E-state index in [4.69, 9.17) is 0 Å². The normalized spacial score (nSPS) is 21.0. The zero-order valence-electron chi connectivity index (χ0n) is 10.9. The molecule has 1 aliphatic rings. The summed E-state index contributed by atoms with van der Waals surface area (Å²) < 4.78 is 24.9. The fraction of sp³-hybridized carbons (Fsp3) is 0.333. The Morgan fingerprint density at radius 1 is 1.24 bits per heavy atom. The van der Waals surface area contributed by atoms with E-state index >= 15 is 0 Å². The summed E-state index contributed by atoms with van der Waals surface area (Å²) in [6.07, 6.45) is 4.01. The molecule has 0 aliphatic carbocycles. The number of fused-ring (bicyclic) bond motifs is 1. The van der Waals surface area contributed by atoms with E-state index in [0.29, 0.717) is 17.2 Å². The smallest absolute Gasteiger partial charge is 0.234 e. The number of sulfone groups is 1. The summed E-state index contributed by atoms with van der Waals surface area (Å²) in [5.74, 6) is 1.05. The minimum absolute atomic E-state index is 0.0213. The van der Waals surface area contributed by atoms with Crippen LogP contribution in [0.1, 0.15) is 17.3 Å². The predicted molar refractivity (Wildman–Crippen MR) is 77.9 cm³/mol. The fourth-order valence-corrected chi connectivity index (χ4v) is 5.29. The van der Waals surface area contributed by atoms with Crippen molar-refractivity contribution in [2.45, 2.75) is 12.3 Å². The molecule has 0 bridgehead atoms. The van der Waals surface area contributed by atoms with Crippen LogP contribution in [-0.2, 0) is 9.84 Å². The van der Waals surface area contributed by atoms with Crippen molar-refractivity contribution in [1.82, 2.24) is 24.8 Å². The molecule has 0 aromatic carbocycles. The van der Waals surface area contributed by atoms with E-state index in [1.807, 2.05) is 12.1 Å². The Balaban J connectivity index is 1.77.